The number of hydrogen-bond donors (Lipinski definition) is 1. The summed E-state index contributed by atoms with van der Waals surface area (Å²) in [5.74, 6) is -0.483. The summed E-state index contributed by atoms with van der Waals surface area (Å²) < 4.78 is 0. The molecule has 1 N–H and O–H groups in total. The number of nitro groups is 2. The van der Waals surface area contributed by atoms with Crippen LogP contribution >= 0.6 is 0 Å². The monoisotopic (exact) mass is 391 g/mol. The Morgan fingerprint density at radius 3 is 1.64 bits per heavy atom. The van der Waals surface area contributed by atoms with Crippen molar-refractivity contribution in [1.82, 2.24) is 5.32 Å². The van der Waals surface area contributed by atoms with Gasteiger partial charge in [0.1, 0.15) is 5.56 Å². The Bertz CT molecular complexity index is 673. The molecule has 1 aromatic rings. The van der Waals surface area contributed by atoms with Crippen molar-refractivity contribution in [3.05, 3.63) is 43.5 Å². The smallest absolute Gasteiger partial charge is 0.279 e. The maximum Gasteiger partial charge on any atom is 0.279 e. The first kappa shape index (κ1) is 21.8. The van der Waals surface area contributed by atoms with Crippen LogP contribution < -0.4 is 5.32 Å². The van der Waals surface area contributed by atoms with Gasteiger partial charge in [0, 0.05) is 18.2 Å². The zero-order valence-electron chi connectivity index (χ0n) is 16.4. The summed E-state index contributed by atoms with van der Waals surface area (Å²) in [5, 5.41) is 25.4. The van der Waals surface area contributed by atoms with Crippen molar-refractivity contribution in [2.24, 2.45) is 0 Å². The van der Waals surface area contributed by atoms with Gasteiger partial charge < -0.3 is 5.32 Å². The van der Waals surface area contributed by atoms with Gasteiger partial charge in [0.15, 0.2) is 0 Å². The van der Waals surface area contributed by atoms with E-state index < -0.39 is 27.1 Å². The lowest BCUT2D eigenvalue weighted by atomic mass is 9.97. The average Bonchev–Trinajstić information content (AvgIpc) is 2.63. The van der Waals surface area contributed by atoms with Gasteiger partial charge >= 0.3 is 0 Å². The number of nitro benzene ring substituents is 2. The second kappa shape index (κ2) is 10.7. The third kappa shape index (κ3) is 6.28. The van der Waals surface area contributed by atoms with Crippen LogP contribution in [0.15, 0.2) is 12.1 Å². The highest BCUT2D eigenvalue weighted by Gasteiger charge is 2.26. The molecule has 8 nitrogen and oxygen atoms in total. The van der Waals surface area contributed by atoms with E-state index in [1.165, 1.54) is 39.0 Å². The lowest BCUT2D eigenvalue weighted by molar-refractivity contribution is -0.395. The highest BCUT2D eigenvalue weighted by atomic mass is 16.6. The SMILES string of the molecule is Cc1c([N+](=O)[O-])cc(C(=O)NC2CCCCCCCCCCC2)cc1[N+](=O)[O-]. The Balaban J connectivity index is 2.14. The molecule has 0 radical (unpaired) electrons. The van der Waals surface area contributed by atoms with E-state index in [0.29, 0.717) is 0 Å². The molecular formula is C20H29N3O5. The number of amides is 1. The largest absolute Gasteiger partial charge is 0.349 e. The molecule has 28 heavy (non-hydrogen) atoms. The van der Waals surface area contributed by atoms with E-state index in [2.05, 4.69) is 5.32 Å². The standard InChI is InChI=1S/C20H29N3O5/c1-15-18(22(25)26)13-16(14-19(15)23(27)28)20(24)21-17-11-9-7-5-3-2-4-6-8-10-12-17/h13-14,17H,2-12H2,1H3,(H,21,24). The van der Waals surface area contributed by atoms with Gasteiger partial charge in [0.25, 0.3) is 17.3 Å². The van der Waals surface area contributed by atoms with Gasteiger partial charge in [0.05, 0.1) is 15.4 Å². The maximum absolute atomic E-state index is 12.7. The first-order valence-electron chi connectivity index (χ1n) is 10.1. The van der Waals surface area contributed by atoms with Crippen LogP contribution in [0.4, 0.5) is 11.4 Å². The van der Waals surface area contributed by atoms with E-state index in [1.54, 1.807) is 0 Å². The van der Waals surface area contributed by atoms with Gasteiger partial charge in [0.2, 0.25) is 0 Å². The highest BCUT2D eigenvalue weighted by molar-refractivity contribution is 5.96. The predicted molar refractivity (Wildman–Crippen MR) is 107 cm³/mol. The van der Waals surface area contributed by atoms with Crippen LogP contribution in [-0.2, 0) is 0 Å². The minimum absolute atomic E-state index is 0.00802. The van der Waals surface area contributed by atoms with Crippen molar-refractivity contribution in [2.45, 2.75) is 83.6 Å². The molecule has 154 valence electrons. The van der Waals surface area contributed by atoms with Gasteiger partial charge in [-0.1, -0.05) is 57.8 Å². The molecule has 0 saturated heterocycles. The Morgan fingerprint density at radius 1 is 0.857 bits per heavy atom. The van der Waals surface area contributed by atoms with Crippen molar-refractivity contribution in [1.29, 1.82) is 0 Å². The average molecular weight is 391 g/mol. The zero-order valence-corrected chi connectivity index (χ0v) is 16.4. The Labute approximate surface area is 165 Å². The second-order valence-corrected chi connectivity index (χ2v) is 7.58. The Kier molecular flexibility index (Phi) is 8.35. The van der Waals surface area contributed by atoms with Crippen molar-refractivity contribution < 1.29 is 14.6 Å². The molecule has 0 unspecified atom stereocenters. The lowest BCUT2D eigenvalue weighted by Gasteiger charge is -2.19. The van der Waals surface area contributed by atoms with Gasteiger partial charge in [-0.25, -0.2) is 0 Å². The number of carbonyl (C=O) groups excluding carboxylic acids is 1. The van der Waals surface area contributed by atoms with Crippen molar-refractivity contribution in [3.8, 4) is 0 Å². The molecule has 8 heteroatoms. The number of hydrogen-bond acceptors (Lipinski definition) is 5. The maximum atomic E-state index is 12.7. The molecule has 2 rings (SSSR count). The number of benzene rings is 1. The van der Waals surface area contributed by atoms with Crippen molar-refractivity contribution >= 4 is 17.3 Å². The molecule has 1 aliphatic rings. The molecule has 1 fully saturated rings. The normalized spacial score (nSPS) is 17.2. The topological polar surface area (TPSA) is 115 Å². The zero-order chi connectivity index (χ0) is 20.5. The van der Waals surface area contributed by atoms with E-state index >= 15 is 0 Å². The Hall–Kier alpha value is -2.51. The molecule has 0 bridgehead atoms. The molecule has 1 aromatic carbocycles. The summed E-state index contributed by atoms with van der Waals surface area (Å²) in [5.41, 5.74) is -0.885. The summed E-state index contributed by atoms with van der Waals surface area (Å²) in [4.78, 5) is 33.8. The molecule has 1 aliphatic carbocycles. The fraction of sp³-hybridized carbons (Fsp3) is 0.650. The molecule has 1 saturated carbocycles. The third-order valence-corrected chi connectivity index (χ3v) is 5.45. The van der Waals surface area contributed by atoms with Gasteiger partial charge in [-0.2, -0.15) is 0 Å². The van der Waals surface area contributed by atoms with Crippen LogP contribution in [0.5, 0.6) is 0 Å². The molecule has 0 spiro atoms. The van der Waals surface area contributed by atoms with Crippen molar-refractivity contribution in [3.63, 3.8) is 0 Å². The van der Waals surface area contributed by atoms with Crippen LogP contribution in [0.25, 0.3) is 0 Å². The van der Waals surface area contributed by atoms with Crippen molar-refractivity contribution in [2.75, 3.05) is 0 Å². The van der Waals surface area contributed by atoms with Gasteiger partial charge in [-0.05, 0) is 19.8 Å². The molecule has 0 heterocycles. The van der Waals surface area contributed by atoms with Gasteiger partial charge in [-0.3, -0.25) is 25.0 Å². The highest BCUT2D eigenvalue weighted by Crippen LogP contribution is 2.29. The summed E-state index contributed by atoms with van der Waals surface area (Å²) in [6.07, 6.45) is 12.3. The number of carbonyl (C=O) groups is 1. The fourth-order valence-corrected chi connectivity index (χ4v) is 3.77. The lowest BCUT2D eigenvalue weighted by Crippen LogP contribution is -2.35. The van der Waals surface area contributed by atoms with Crippen LogP contribution in [0, 0.1) is 27.2 Å². The first-order chi connectivity index (χ1) is 13.4. The molecular weight excluding hydrogens is 362 g/mol. The summed E-state index contributed by atoms with van der Waals surface area (Å²) in [6, 6.07) is 2.26. The summed E-state index contributed by atoms with van der Waals surface area (Å²) in [7, 11) is 0. The van der Waals surface area contributed by atoms with E-state index in [-0.39, 0.29) is 17.2 Å². The molecule has 0 atom stereocenters. The quantitative estimate of drug-likeness (QED) is 0.558. The summed E-state index contributed by atoms with van der Waals surface area (Å²) in [6.45, 7) is 1.32. The van der Waals surface area contributed by atoms with E-state index in [4.69, 9.17) is 0 Å². The number of nitrogens with zero attached hydrogens (tertiary/aromatic N) is 2. The fourth-order valence-electron chi connectivity index (χ4n) is 3.77. The molecule has 0 aromatic heterocycles. The van der Waals surface area contributed by atoms with E-state index in [9.17, 15) is 25.0 Å². The van der Waals surface area contributed by atoms with Crippen LogP contribution in [-0.4, -0.2) is 21.8 Å². The Morgan fingerprint density at radius 2 is 1.25 bits per heavy atom. The molecule has 1 amide bonds. The number of rotatable bonds is 4. The minimum atomic E-state index is -0.685. The van der Waals surface area contributed by atoms with E-state index in [0.717, 1.165) is 50.7 Å². The molecule has 0 aliphatic heterocycles. The second-order valence-electron chi connectivity index (χ2n) is 7.58. The van der Waals surface area contributed by atoms with Gasteiger partial charge in [-0.15, -0.1) is 0 Å². The number of nitrogens with one attached hydrogen (secondary N) is 1. The van der Waals surface area contributed by atoms with E-state index in [1.807, 2.05) is 0 Å². The summed E-state index contributed by atoms with van der Waals surface area (Å²) >= 11 is 0. The van der Waals surface area contributed by atoms with Crippen LogP contribution in [0.3, 0.4) is 0 Å². The first-order valence-corrected chi connectivity index (χ1v) is 10.1. The third-order valence-electron chi connectivity index (χ3n) is 5.45. The minimum Gasteiger partial charge on any atom is -0.349 e. The predicted octanol–water partition coefficient (Wildman–Crippen LogP) is 5.21. The van der Waals surface area contributed by atoms with Crippen LogP contribution in [0.2, 0.25) is 0 Å². The van der Waals surface area contributed by atoms with Crippen LogP contribution in [0.1, 0.15) is 86.6 Å².